The van der Waals surface area contributed by atoms with Crippen LogP contribution >= 0.6 is 11.3 Å². The summed E-state index contributed by atoms with van der Waals surface area (Å²) in [6, 6.07) is 4.49. The van der Waals surface area contributed by atoms with Gasteiger partial charge in [-0.1, -0.05) is 0 Å². The zero-order chi connectivity index (χ0) is 18.4. The molecule has 0 saturated heterocycles. The maximum Gasteiger partial charge on any atom is 0.259 e. The van der Waals surface area contributed by atoms with Gasteiger partial charge in [0.1, 0.15) is 11.6 Å². The third-order valence-corrected chi connectivity index (χ3v) is 5.77. The largest absolute Gasteiger partial charge is 0.396 e. The number of thiazole rings is 1. The van der Waals surface area contributed by atoms with Crippen LogP contribution in [0, 0.1) is 18.7 Å². The maximum atomic E-state index is 13.0. The van der Waals surface area contributed by atoms with Crippen LogP contribution in [0.2, 0.25) is 0 Å². The quantitative estimate of drug-likeness (QED) is 0.742. The molecule has 1 aliphatic carbocycles. The molecule has 1 aliphatic rings. The monoisotopic (exact) mass is 374 g/mol. The highest BCUT2D eigenvalue weighted by Gasteiger charge is 2.41. The highest BCUT2D eigenvalue weighted by atomic mass is 32.1. The number of aliphatic hydroxyl groups is 1. The van der Waals surface area contributed by atoms with Crippen molar-refractivity contribution in [2.45, 2.75) is 25.8 Å². The van der Waals surface area contributed by atoms with Gasteiger partial charge in [-0.3, -0.25) is 9.20 Å². The van der Waals surface area contributed by atoms with Crippen molar-refractivity contribution in [1.82, 2.24) is 14.4 Å². The van der Waals surface area contributed by atoms with Crippen LogP contribution in [0.3, 0.4) is 0 Å². The minimum atomic E-state index is -0.386. The van der Waals surface area contributed by atoms with Gasteiger partial charge in [0.25, 0.3) is 5.56 Å². The molecular weight excluding hydrogens is 355 g/mol. The smallest absolute Gasteiger partial charge is 0.259 e. The molecule has 3 aromatic heterocycles. The van der Waals surface area contributed by atoms with Gasteiger partial charge in [0.15, 0.2) is 4.96 Å². The first-order valence-corrected chi connectivity index (χ1v) is 9.25. The van der Waals surface area contributed by atoms with E-state index in [1.807, 2.05) is 18.9 Å². The molecule has 1 saturated carbocycles. The molecule has 8 heteroatoms. The first kappa shape index (κ1) is 17.1. The van der Waals surface area contributed by atoms with Gasteiger partial charge in [-0.05, 0) is 31.4 Å². The van der Waals surface area contributed by atoms with Gasteiger partial charge in [0.2, 0.25) is 0 Å². The van der Waals surface area contributed by atoms with Crippen molar-refractivity contribution in [1.29, 1.82) is 0 Å². The van der Waals surface area contributed by atoms with Crippen molar-refractivity contribution in [2.75, 3.05) is 18.6 Å². The van der Waals surface area contributed by atoms with E-state index in [0.29, 0.717) is 23.0 Å². The van der Waals surface area contributed by atoms with Crippen molar-refractivity contribution in [3.8, 4) is 0 Å². The number of fused-ring (bicyclic) bond motifs is 1. The number of aliphatic hydroxyl groups excluding tert-OH is 1. The Morgan fingerprint density at radius 3 is 2.92 bits per heavy atom. The average molecular weight is 374 g/mol. The van der Waals surface area contributed by atoms with Crippen LogP contribution in [0.4, 0.5) is 10.2 Å². The predicted molar refractivity (Wildman–Crippen MR) is 98.3 cm³/mol. The Hall–Kier alpha value is -2.32. The van der Waals surface area contributed by atoms with Crippen LogP contribution in [0.25, 0.3) is 4.96 Å². The Labute approximate surface area is 153 Å². The van der Waals surface area contributed by atoms with Gasteiger partial charge >= 0.3 is 0 Å². The summed E-state index contributed by atoms with van der Waals surface area (Å²) < 4.78 is 14.7. The third-order valence-electron chi connectivity index (χ3n) is 4.80. The summed E-state index contributed by atoms with van der Waals surface area (Å²) in [7, 11) is 1.82. The average Bonchev–Trinajstić information content (AvgIpc) is 3.30. The Kier molecular flexibility index (Phi) is 4.24. The fraction of sp³-hybridized carbons (Fsp3) is 0.389. The molecule has 136 valence electrons. The van der Waals surface area contributed by atoms with Crippen LogP contribution in [0.5, 0.6) is 0 Å². The third kappa shape index (κ3) is 2.99. The van der Waals surface area contributed by atoms with E-state index in [9.17, 15) is 14.3 Å². The van der Waals surface area contributed by atoms with Crippen molar-refractivity contribution in [2.24, 2.45) is 5.92 Å². The number of halogens is 1. The molecule has 0 radical (unpaired) electrons. The molecule has 1 fully saturated rings. The molecule has 2 unspecified atom stereocenters. The van der Waals surface area contributed by atoms with Crippen LogP contribution in [0.1, 0.15) is 28.6 Å². The molecule has 0 aliphatic heterocycles. The second-order valence-corrected chi connectivity index (χ2v) is 7.90. The number of nitrogens with zero attached hydrogens (tertiary/aromatic N) is 4. The maximum absolute atomic E-state index is 13.0. The Morgan fingerprint density at radius 1 is 1.46 bits per heavy atom. The van der Waals surface area contributed by atoms with Crippen molar-refractivity contribution >= 4 is 22.1 Å². The Bertz CT molecular complexity index is 1010. The molecule has 0 bridgehead atoms. The van der Waals surface area contributed by atoms with Gasteiger partial charge in [0, 0.05) is 36.2 Å². The van der Waals surface area contributed by atoms with E-state index in [4.69, 9.17) is 0 Å². The number of anilines is 1. The molecule has 4 rings (SSSR count). The van der Waals surface area contributed by atoms with Crippen LogP contribution in [-0.4, -0.2) is 33.1 Å². The Morgan fingerprint density at radius 2 is 2.27 bits per heavy atom. The van der Waals surface area contributed by atoms with Crippen LogP contribution < -0.4 is 10.5 Å². The lowest BCUT2D eigenvalue weighted by molar-refractivity contribution is 0.273. The lowest BCUT2D eigenvalue weighted by Gasteiger charge is -2.17. The topological polar surface area (TPSA) is 70.7 Å². The lowest BCUT2D eigenvalue weighted by atomic mass is 10.2. The number of pyridine rings is 1. The second kappa shape index (κ2) is 6.44. The zero-order valence-corrected chi connectivity index (χ0v) is 15.3. The van der Waals surface area contributed by atoms with Gasteiger partial charge in [0.05, 0.1) is 18.4 Å². The fourth-order valence-corrected chi connectivity index (χ4v) is 4.42. The summed E-state index contributed by atoms with van der Waals surface area (Å²) in [6.07, 6.45) is 2.08. The van der Waals surface area contributed by atoms with Crippen molar-refractivity contribution in [3.05, 3.63) is 56.8 Å². The molecule has 0 aromatic carbocycles. The van der Waals surface area contributed by atoms with Crippen molar-refractivity contribution in [3.63, 3.8) is 0 Å². The summed E-state index contributed by atoms with van der Waals surface area (Å²) in [5, 5.41) is 9.34. The highest BCUT2D eigenvalue weighted by Crippen LogP contribution is 2.49. The molecule has 3 aromatic rings. The predicted octanol–water partition coefficient (Wildman–Crippen LogP) is 2.33. The number of aryl methyl sites for hydroxylation is 1. The summed E-state index contributed by atoms with van der Waals surface area (Å²) in [4.78, 5) is 25.0. The number of rotatable bonds is 5. The van der Waals surface area contributed by atoms with E-state index in [2.05, 4.69) is 9.97 Å². The van der Waals surface area contributed by atoms with Gasteiger partial charge in [-0.2, -0.15) is 0 Å². The van der Waals surface area contributed by atoms with E-state index in [0.717, 1.165) is 17.0 Å². The Balaban J connectivity index is 1.65. The number of hydrogen-bond acceptors (Lipinski definition) is 6. The normalized spacial score (nSPS) is 19.1. The molecule has 6 nitrogen and oxygen atoms in total. The summed E-state index contributed by atoms with van der Waals surface area (Å²) >= 11 is 1.50. The minimum absolute atomic E-state index is 0.103. The van der Waals surface area contributed by atoms with E-state index in [1.54, 1.807) is 16.5 Å². The molecule has 0 amide bonds. The highest BCUT2D eigenvalue weighted by molar-refractivity contribution is 7.17. The van der Waals surface area contributed by atoms with Crippen LogP contribution in [-0.2, 0) is 6.54 Å². The van der Waals surface area contributed by atoms with Gasteiger partial charge < -0.3 is 10.0 Å². The molecule has 1 N–H and O–H groups in total. The zero-order valence-electron chi connectivity index (χ0n) is 14.5. The summed E-state index contributed by atoms with van der Waals surface area (Å²) in [6.45, 7) is 2.55. The molecule has 2 atom stereocenters. The standard InChI is InChI=1S/C18H19FN4O2S/c1-10-17(14-5-11(14)9-24)23-16(25)6-13(21-18(23)26-10)8-22(2)15-4-3-12(19)7-20-15/h3-4,6-7,11,14,24H,5,8-9H2,1-2H3. The number of hydrogen-bond donors (Lipinski definition) is 1. The van der Waals surface area contributed by atoms with E-state index < -0.39 is 0 Å². The SMILES string of the molecule is Cc1sc2nc(CN(C)c3ccc(F)cn3)cc(=O)n2c1C1CC1CO. The lowest BCUT2D eigenvalue weighted by Crippen LogP contribution is -2.22. The van der Waals surface area contributed by atoms with E-state index in [-0.39, 0.29) is 29.8 Å². The first-order chi connectivity index (χ1) is 12.5. The molecule has 0 spiro atoms. The fourth-order valence-electron chi connectivity index (χ4n) is 3.35. The minimum Gasteiger partial charge on any atom is -0.396 e. The summed E-state index contributed by atoms with van der Waals surface area (Å²) in [5.74, 6) is 0.710. The molecule has 3 heterocycles. The summed E-state index contributed by atoms with van der Waals surface area (Å²) in [5.41, 5.74) is 1.53. The van der Waals surface area contributed by atoms with Crippen molar-refractivity contribution < 1.29 is 9.50 Å². The molecule has 26 heavy (non-hydrogen) atoms. The van der Waals surface area contributed by atoms with E-state index >= 15 is 0 Å². The van der Waals surface area contributed by atoms with Gasteiger partial charge in [-0.15, -0.1) is 11.3 Å². The number of aromatic nitrogens is 3. The first-order valence-electron chi connectivity index (χ1n) is 8.43. The van der Waals surface area contributed by atoms with Gasteiger partial charge in [-0.25, -0.2) is 14.4 Å². The van der Waals surface area contributed by atoms with E-state index in [1.165, 1.54) is 23.6 Å². The second-order valence-electron chi connectivity index (χ2n) is 6.72. The van der Waals surface area contributed by atoms with Crippen LogP contribution in [0.15, 0.2) is 29.2 Å². The molecular formula is C18H19FN4O2S.